The number of nitrogens with zero attached hydrogens (tertiary/aromatic N) is 3. The monoisotopic (exact) mass is 464 g/mol. The van der Waals surface area contributed by atoms with Gasteiger partial charge in [-0.25, -0.2) is 8.42 Å². The molecule has 0 aromatic heterocycles. The van der Waals surface area contributed by atoms with E-state index < -0.39 is 10.0 Å². The van der Waals surface area contributed by atoms with Crippen molar-refractivity contribution in [2.45, 2.75) is 18.7 Å². The SMILES string of the molecule is CCN(CC)S(=O)(=O)c1ccc(N2CCN(C)CC2)c(C(=O)Nc2ccc(Cl)cc2)c1. The van der Waals surface area contributed by atoms with E-state index in [4.69, 9.17) is 11.6 Å². The quantitative estimate of drug-likeness (QED) is 0.680. The first kappa shape index (κ1) is 23.5. The highest BCUT2D eigenvalue weighted by Crippen LogP contribution is 2.28. The van der Waals surface area contributed by atoms with Crippen molar-refractivity contribution in [2.24, 2.45) is 0 Å². The Bertz CT molecular complexity index is 1020. The fraction of sp³-hybridized carbons (Fsp3) is 0.409. The van der Waals surface area contributed by atoms with Crippen molar-refractivity contribution in [3.63, 3.8) is 0 Å². The summed E-state index contributed by atoms with van der Waals surface area (Å²) in [5.41, 5.74) is 1.67. The van der Waals surface area contributed by atoms with E-state index in [1.54, 1.807) is 50.2 Å². The molecule has 1 amide bonds. The van der Waals surface area contributed by atoms with E-state index in [2.05, 4.69) is 22.2 Å². The van der Waals surface area contributed by atoms with Gasteiger partial charge >= 0.3 is 0 Å². The van der Waals surface area contributed by atoms with Gasteiger partial charge in [-0.2, -0.15) is 4.31 Å². The van der Waals surface area contributed by atoms with Crippen LogP contribution in [-0.2, 0) is 10.0 Å². The Hall–Kier alpha value is -2.13. The molecule has 0 bridgehead atoms. The second kappa shape index (κ2) is 9.99. The van der Waals surface area contributed by atoms with Crippen LogP contribution in [0.2, 0.25) is 5.02 Å². The molecule has 0 radical (unpaired) electrons. The Balaban J connectivity index is 2.01. The van der Waals surface area contributed by atoms with Crippen LogP contribution in [0.4, 0.5) is 11.4 Å². The second-order valence-corrected chi connectivity index (χ2v) is 9.89. The largest absolute Gasteiger partial charge is 0.368 e. The highest BCUT2D eigenvalue weighted by atomic mass is 35.5. The van der Waals surface area contributed by atoms with E-state index in [1.165, 1.54) is 10.4 Å². The van der Waals surface area contributed by atoms with Crippen molar-refractivity contribution in [2.75, 3.05) is 56.5 Å². The smallest absolute Gasteiger partial charge is 0.257 e. The summed E-state index contributed by atoms with van der Waals surface area (Å²) in [6.07, 6.45) is 0. The Morgan fingerprint density at radius 1 is 1.03 bits per heavy atom. The summed E-state index contributed by atoms with van der Waals surface area (Å²) >= 11 is 5.94. The van der Waals surface area contributed by atoms with Gasteiger partial charge in [0.25, 0.3) is 5.91 Å². The third kappa shape index (κ3) is 5.38. The summed E-state index contributed by atoms with van der Waals surface area (Å²) in [6.45, 7) is 7.60. The van der Waals surface area contributed by atoms with Gasteiger partial charge in [0.15, 0.2) is 0 Å². The number of sulfonamides is 1. The molecule has 1 saturated heterocycles. The van der Waals surface area contributed by atoms with Gasteiger partial charge in [-0.1, -0.05) is 25.4 Å². The minimum atomic E-state index is -3.68. The van der Waals surface area contributed by atoms with Crippen LogP contribution < -0.4 is 10.2 Å². The zero-order valence-corrected chi connectivity index (χ0v) is 19.7. The summed E-state index contributed by atoms with van der Waals surface area (Å²) in [4.78, 5) is 17.7. The van der Waals surface area contributed by atoms with Crippen molar-refractivity contribution in [1.29, 1.82) is 0 Å². The normalized spacial score (nSPS) is 15.3. The lowest BCUT2D eigenvalue weighted by atomic mass is 10.1. The molecule has 0 unspecified atom stereocenters. The standard InChI is InChI=1S/C22H29ClN4O3S/c1-4-27(5-2)31(29,30)19-10-11-21(26-14-12-25(3)13-15-26)20(16-19)22(28)24-18-8-6-17(23)7-9-18/h6-11,16H,4-5,12-15H2,1-3H3,(H,24,28). The van der Waals surface area contributed by atoms with Gasteiger partial charge in [0.2, 0.25) is 10.0 Å². The molecule has 0 aliphatic carbocycles. The van der Waals surface area contributed by atoms with Gasteiger partial charge in [-0.3, -0.25) is 4.79 Å². The molecule has 2 aromatic carbocycles. The number of halogens is 1. The minimum Gasteiger partial charge on any atom is -0.368 e. The second-order valence-electron chi connectivity index (χ2n) is 7.52. The van der Waals surface area contributed by atoms with Crippen molar-refractivity contribution >= 4 is 38.9 Å². The molecular formula is C22H29ClN4O3S. The summed E-state index contributed by atoms with van der Waals surface area (Å²) < 4.78 is 27.5. The fourth-order valence-corrected chi connectivity index (χ4v) is 5.24. The van der Waals surface area contributed by atoms with Gasteiger partial charge in [0.1, 0.15) is 0 Å². The predicted octanol–water partition coefficient (Wildman–Crippen LogP) is 3.37. The lowest BCUT2D eigenvalue weighted by Gasteiger charge is -2.35. The third-order valence-electron chi connectivity index (χ3n) is 5.50. The lowest BCUT2D eigenvalue weighted by molar-refractivity contribution is 0.102. The highest BCUT2D eigenvalue weighted by Gasteiger charge is 2.26. The summed E-state index contributed by atoms with van der Waals surface area (Å²) in [5.74, 6) is -0.354. The predicted molar refractivity (Wildman–Crippen MR) is 126 cm³/mol. The van der Waals surface area contributed by atoms with Crippen LogP contribution in [0.5, 0.6) is 0 Å². The van der Waals surface area contributed by atoms with E-state index in [1.807, 2.05) is 0 Å². The molecule has 0 atom stereocenters. The zero-order chi connectivity index (χ0) is 22.6. The number of amides is 1. The fourth-order valence-electron chi connectivity index (χ4n) is 3.62. The molecule has 31 heavy (non-hydrogen) atoms. The van der Waals surface area contributed by atoms with Crippen molar-refractivity contribution in [1.82, 2.24) is 9.21 Å². The molecule has 3 rings (SSSR count). The molecule has 0 saturated carbocycles. The zero-order valence-electron chi connectivity index (χ0n) is 18.1. The maximum atomic E-state index is 13.2. The van der Waals surface area contributed by atoms with Crippen LogP contribution in [0.3, 0.4) is 0 Å². The number of carbonyl (C=O) groups excluding carboxylic acids is 1. The van der Waals surface area contributed by atoms with Gasteiger partial charge in [-0.15, -0.1) is 0 Å². The van der Waals surface area contributed by atoms with Gasteiger partial charge < -0.3 is 15.1 Å². The van der Waals surface area contributed by atoms with Crippen molar-refractivity contribution in [3.8, 4) is 0 Å². The number of carbonyl (C=O) groups is 1. The van der Waals surface area contributed by atoms with E-state index >= 15 is 0 Å². The first-order valence-electron chi connectivity index (χ1n) is 10.4. The molecular weight excluding hydrogens is 436 g/mol. The van der Waals surface area contributed by atoms with E-state index in [-0.39, 0.29) is 10.8 Å². The first-order valence-corrected chi connectivity index (χ1v) is 12.2. The summed E-state index contributed by atoms with van der Waals surface area (Å²) in [6, 6.07) is 11.7. The highest BCUT2D eigenvalue weighted by molar-refractivity contribution is 7.89. The Kier molecular flexibility index (Phi) is 7.59. The van der Waals surface area contributed by atoms with E-state index in [0.29, 0.717) is 29.4 Å². The number of hydrogen-bond acceptors (Lipinski definition) is 5. The average molecular weight is 465 g/mol. The maximum absolute atomic E-state index is 13.2. The molecule has 9 heteroatoms. The number of piperazine rings is 1. The lowest BCUT2D eigenvalue weighted by Crippen LogP contribution is -2.45. The topological polar surface area (TPSA) is 73.0 Å². The Morgan fingerprint density at radius 3 is 2.23 bits per heavy atom. The Labute approximate surface area is 189 Å². The molecule has 1 fully saturated rings. The average Bonchev–Trinajstić information content (AvgIpc) is 2.76. The molecule has 1 aliphatic heterocycles. The number of benzene rings is 2. The van der Waals surface area contributed by atoms with E-state index in [9.17, 15) is 13.2 Å². The minimum absolute atomic E-state index is 0.121. The molecule has 0 spiro atoms. The first-order chi connectivity index (χ1) is 14.8. The number of anilines is 2. The Morgan fingerprint density at radius 2 is 1.65 bits per heavy atom. The van der Waals surface area contributed by atoms with Crippen LogP contribution in [-0.4, -0.2) is 69.8 Å². The van der Waals surface area contributed by atoms with Crippen LogP contribution in [0.25, 0.3) is 0 Å². The molecule has 1 heterocycles. The van der Waals surface area contributed by atoms with Crippen LogP contribution >= 0.6 is 11.6 Å². The molecule has 2 aromatic rings. The van der Waals surface area contributed by atoms with E-state index in [0.717, 1.165) is 31.9 Å². The third-order valence-corrected chi connectivity index (χ3v) is 7.80. The molecule has 168 valence electrons. The summed E-state index contributed by atoms with van der Waals surface area (Å²) in [7, 11) is -1.62. The number of likely N-dealkylation sites (N-methyl/N-ethyl adjacent to an activating group) is 1. The van der Waals surface area contributed by atoms with Crippen LogP contribution in [0.1, 0.15) is 24.2 Å². The molecule has 1 N–H and O–H groups in total. The van der Waals surface area contributed by atoms with Crippen LogP contribution in [0, 0.1) is 0 Å². The number of hydrogen-bond donors (Lipinski definition) is 1. The summed E-state index contributed by atoms with van der Waals surface area (Å²) in [5, 5.41) is 3.44. The number of rotatable bonds is 7. The van der Waals surface area contributed by atoms with Crippen molar-refractivity contribution in [3.05, 3.63) is 53.1 Å². The van der Waals surface area contributed by atoms with Gasteiger partial charge in [0.05, 0.1) is 10.5 Å². The van der Waals surface area contributed by atoms with Crippen molar-refractivity contribution < 1.29 is 13.2 Å². The number of nitrogens with one attached hydrogen (secondary N) is 1. The maximum Gasteiger partial charge on any atom is 0.257 e. The van der Waals surface area contributed by atoms with Crippen LogP contribution in [0.15, 0.2) is 47.4 Å². The van der Waals surface area contributed by atoms with Gasteiger partial charge in [0, 0.05) is 55.7 Å². The molecule has 1 aliphatic rings. The molecule has 7 nitrogen and oxygen atoms in total. The van der Waals surface area contributed by atoms with Gasteiger partial charge in [-0.05, 0) is 49.5 Å².